The van der Waals surface area contributed by atoms with E-state index in [1.807, 2.05) is 18.2 Å². The molecule has 1 rings (SSSR count). The Labute approximate surface area is 112 Å². The van der Waals surface area contributed by atoms with Crippen molar-refractivity contribution in [2.75, 3.05) is 0 Å². The Bertz CT molecular complexity index is 633. The summed E-state index contributed by atoms with van der Waals surface area (Å²) < 4.78 is 24.8. The lowest BCUT2D eigenvalue weighted by Gasteiger charge is -2.16. The number of aryl methyl sites for hydroxylation is 3. The third-order valence-electron chi connectivity index (χ3n) is 2.61. The third-order valence-corrected chi connectivity index (χ3v) is 4.69. The zero-order chi connectivity index (χ0) is 14.8. The van der Waals surface area contributed by atoms with E-state index in [-0.39, 0.29) is 4.90 Å². The minimum atomic E-state index is -3.95. The van der Waals surface area contributed by atoms with Crippen molar-refractivity contribution in [3.8, 4) is 12.3 Å². The molecule has 0 aliphatic carbocycles. The second-order valence-electron chi connectivity index (χ2n) is 4.27. The summed E-state index contributed by atoms with van der Waals surface area (Å²) in [6.45, 7) is 5.16. The predicted molar refractivity (Wildman–Crippen MR) is 71.6 cm³/mol. The number of carbonyl (C=O) groups is 1. The number of carboxylic acid groups (broad SMARTS) is 1. The molecule has 0 saturated heterocycles. The van der Waals surface area contributed by atoms with Crippen molar-refractivity contribution in [3.63, 3.8) is 0 Å². The molecule has 0 aromatic heterocycles. The summed E-state index contributed by atoms with van der Waals surface area (Å²) >= 11 is 0. The summed E-state index contributed by atoms with van der Waals surface area (Å²) in [6.07, 6.45) is 3.64. The van der Waals surface area contributed by atoms with E-state index in [9.17, 15) is 13.2 Å². The standard InChI is InChI=1S/C13H15NO4S/c1-5-11(14-13(15)16)19(17,18)12-9(3)6-8(2)7-10(12)4/h1,6-7,11,14H,2-4H3,(H,15,16). The summed E-state index contributed by atoms with van der Waals surface area (Å²) in [6, 6.07) is 3.43. The summed E-state index contributed by atoms with van der Waals surface area (Å²) in [4.78, 5) is 10.7. The molecule has 1 amide bonds. The Kier molecular flexibility index (Phi) is 4.22. The van der Waals surface area contributed by atoms with Crippen LogP contribution >= 0.6 is 0 Å². The first kappa shape index (κ1) is 15.1. The molecule has 0 spiro atoms. The molecule has 1 aromatic rings. The molecule has 0 aliphatic heterocycles. The molecule has 0 aliphatic rings. The zero-order valence-corrected chi connectivity index (χ0v) is 11.7. The van der Waals surface area contributed by atoms with Gasteiger partial charge in [0.2, 0.25) is 9.84 Å². The van der Waals surface area contributed by atoms with Gasteiger partial charge in [-0.25, -0.2) is 13.2 Å². The van der Waals surface area contributed by atoms with E-state index in [0.29, 0.717) is 11.1 Å². The maximum absolute atomic E-state index is 12.4. The van der Waals surface area contributed by atoms with Crippen LogP contribution in [0.1, 0.15) is 16.7 Å². The highest BCUT2D eigenvalue weighted by atomic mass is 32.2. The van der Waals surface area contributed by atoms with Crippen LogP contribution in [0.4, 0.5) is 4.79 Å². The number of nitrogens with one attached hydrogen (secondary N) is 1. The first-order valence-electron chi connectivity index (χ1n) is 5.47. The SMILES string of the molecule is C#CC(NC(=O)O)S(=O)(=O)c1c(C)cc(C)cc1C. The number of rotatable bonds is 3. The Morgan fingerprint density at radius 3 is 2.16 bits per heavy atom. The Morgan fingerprint density at radius 2 is 1.79 bits per heavy atom. The van der Waals surface area contributed by atoms with E-state index in [1.165, 1.54) is 0 Å². The van der Waals surface area contributed by atoms with Crippen LogP contribution in [0.25, 0.3) is 0 Å². The van der Waals surface area contributed by atoms with E-state index in [2.05, 4.69) is 0 Å². The summed E-state index contributed by atoms with van der Waals surface area (Å²) in [5, 5.41) is 8.87. The normalized spacial score (nSPS) is 12.5. The Balaban J connectivity index is 3.43. The van der Waals surface area contributed by atoms with Crippen LogP contribution in [0, 0.1) is 33.1 Å². The molecule has 0 heterocycles. The van der Waals surface area contributed by atoms with E-state index in [0.717, 1.165) is 5.56 Å². The summed E-state index contributed by atoms with van der Waals surface area (Å²) in [5.74, 6) is 1.96. The molecule has 0 fully saturated rings. The fourth-order valence-corrected chi connectivity index (χ4v) is 3.74. The fourth-order valence-electron chi connectivity index (χ4n) is 2.05. The first-order chi connectivity index (χ1) is 8.70. The van der Waals surface area contributed by atoms with Crippen LogP contribution in [-0.4, -0.2) is 25.0 Å². The Morgan fingerprint density at radius 1 is 1.32 bits per heavy atom. The van der Waals surface area contributed by atoms with E-state index < -0.39 is 21.3 Å². The maximum Gasteiger partial charge on any atom is 0.406 e. The molecule has 2 N–H and O–H groups in total. The van der Waals surface area contributed by atoms with Gasteiger partial charge in [-0.3, -0.25) is 5.32 Å². The van der Waals surface area contributed by atoms with Crippen molar-refractivity contribution < 1.29 is 18.3 Å². The largest absolute Gasteiger partial charge is 0.465 e. The van der Waals surface area contributed by atoms with Gasteiger partial charge in [0, 0.05) is 0 Å². The molecule has 0 radical (unpaired) electrons. The molecule has 0 bridgehead atoms. The number of hydrogen-bond donors (Lipinski definition) is 2. The molecular formula is C13H15NO4S. The zero-order valence-electron chi connectivity index (χ0n) is 10.9. The fraction of sp³-hybridized carbons (Fsp3) is 0.308. The molecule has 0 saturated carbocycles. The van der Waals surface area contributed by atoms with Crippen LogP contribution in [0.5, 0.6) is 0 Å². The van der Waals surface area contributed by atoms with Gasteiger partial charge in [0.25, 0.3) is 0 Å². The van der Waals surface area contributed by atoms with Crippen LogP contribution in [0.2, 0.25) is 0 Å². The van der Waals surface area contributed by atoms with Crippen molar-refractivity contribution in [3.05, 3.63) is 28.8 Å². The van der Waals surface area contributed by atoms with Crippen LogP contribution < -0.4 is 5.32 Å². The van der Waals surface area contributed by atoms with Crippen molar-refractivity contribution in [2.24, 2.45) is 0 Å². The molecule has 102 valence electrons. The average Bonchev–Trinajstić information content (AvgIpc) is 2.23. The van der Waals surface area contributed by atoms with Crippen molar-refractivity contribution >= 4 is 15.9 Å². The van der Waals surface area contributed by atoms with Crippen LogP contribution in [0.15, 0.2) is 17.0 Å². The second-order valence-corrected chi connectivity index (χ2v) is 6.24. The van der Waals surface area contributed by atoms with Crippen LogP contribution in [-0.2, 0) is 9.84 Å². The molecular weight excluding hydrogens is 266 g/mol. The van der Waals surface area contributed by atoms with Crippen molar-refractivity contribution in [2.45, 2.75) is 31.0 Å². The van der Waals surface area contributed by atoms with Crippen LogP contribution in [0.3, 0.4) is 0 Å². The lowest BCUT2D eigenvalue weighted by atomic mass is 10.1. The second kappa shape index (κ2) is 5.33. The molecule has 1 atom stereocenters. The first-order valence-corrected chi connectivity index (χ1v) is 7.02. The van der Waals surface area contributed by atoms with Gasteiger partial charge in [0.1, 0.15) is 0 Å². The smallest absolute Gasteiger partial charge is 0.406 e. The van der Waals surface area contributed by atoms with Crippen molar-refractivity contribution in [1.82, 2.24) is 5.32 Å². The molecule has 1 unspecified atom stereocenters. The number of amides is 1. The molecule has 6 heteroatoms. The van der Waals surface area contributed by atoms with Gasteiger partial charge in [0.15, 0.2) is 5.37 Å². The maximum atomic E-state index is 12.4. The summed E-state index contributed by atoms with van der Waals surface area (Å²) in [7, 11) is -3.95. The topological polar surface area (TPSA) is 83.5 Å². The number of benzene rings is 1. The third kappa shape index (κ3) is 3.06. The van der Waals surface area contributed by atoms with E-state index in [1.54, 1.807) is 26.0 Å². The number of sulfone groups is 1. The van der Waals surface area contributed by atoms with Gasteiger partial charge in [-0.2, -0.15) is 0 Å². The lowest BCUT2D eigenvalue weighted by molar-refractivity contribution is 0.194. The predicted octanol–water partition coefficient (Wildman–Crippen LogP) is 1.61. The number of hydrogen-bond acceptors (Lipinski definition) is 3. The van der Waals surface area contributed by atoms with E-state index >= 15 is 0 Å². The molecule has 19 heavy (non-hydrogen) atoms. The van der Waals surface area contributed by atoms with Gasteiger partial charge < -0.3 is 5.11 Å². The van der Waals surface area contributed by atoms with Gasteiger partial charge >= 0.3 is 6.09 Å². The average molecular weight is 281 g/mol. The minimum absolute atomic E-state index is 0.0785. The molecule has 5 nitrogen and oxygen atoms in total. The Hall–Kier alpha value is -2.00. The molecule has 1 aromatic carbocycles. The number of terminal acetylenes is 1. The monoisotopic (exact) mass is 281 g/mol. The van der Waals surface area contributed by atoms with Gasteiger partial charge in [-0.15, -0.1) is 6.42 Å². The van der Waals surface area contributed by atoms with Crippen molar-refractivity contribution in [1.29, 1.82) is 0 Å². The van der Waals surface area contributed by atoms with Gasteiger partial charge in [-0.05, 0) is 31.9 Å². The highest BCUT2D eigenvalue weighted by molar-refractivity contribution is 7.92. The van der Waals surface area contributed by atoms with Gasteiger partial charge in [-0.1, -0.05) is 23.6 Å². The minimum Gasteiger partial charge on any atom is -0.465 e. The summed E-state index contributed by atoms with van der Waals surface area (Å²) in [5.41, 5.74) is 2.02. The highest BCUT2D eigenvalue weighted by Crippen LogP contribution is 2.24. The van der Waals surface area contributed by atoms with E-state index in [4.69, 9.17) is 11.5 Å². The lowest BCUT2D eigenvalue weighted by Crippen LogP contribution is -2.39. The van der Waals surface area contributed by atoms with Gasteiger partial charge in [0.05, 0.1) is 4.90 Å². The quantitative estimate of drug-likeness (QED) is 0.824. The highest BCUT2D eigenvalue weighted by Gasteiger charge is 2.30.